The first-order chi connectivity index (χ1) is 7.27. The van der Waals surface area contributed by atoms with Gasteiger partial charge in [-0.05, 0) is 6.92 Å². The Balaban J connectivity index is 2.33. The SMILES string of the molecule is Cc1sc2c(-c3cncs3)noc2c1N. The zero-order chi connectivity index (χ0) is 10.4. The molecule has 76 valence electrons. The third-order valence-corrected chi connectivity index (χ3v) is 4.08. The van der Waals surface area contributed by atoms with E-state index in [-0.39, 0.29) is 0 Å². The van der Waals surface area contributed by atoms with Gasteiger partial charge in [0.05, 0.1) is 16.1 Å². The lowest BCUT2D eigenvalue weighted by Gasteiger charge is -1.85. The van der Waals surface area contributed by atoms with Crippen molar-refractivity contribution in [2.75, 3.05) is 5.73 Å². The second kappa shape index (κ2) is 3.04. The Hall–Kier alpha value is -1.40. The van der Waals surface area contributed by atoms with Gasteiger partial charge in [-0.2, -0.15) is 0 Å². The number of rotatable bonds is 1. The molecular formula is C9H7N3OS2. The molecule has 3 rings (SSSR count). The number of nitrogens with zero attached hydrogens (tertiary/aromatic N) is 2. The topological polar surface area (TPSA) is 64.9 Å². The molecule has 0 aliphatic rings. The van der Waals surface area contributed by atoms with E-state index >= 15 is 0 Å². The molecular weight excluding hydrogens is 230 g/mol. The molecule has 0 radical (unpaired) electrons. The third-order valence-electron chi connectivity index (χ3n) is 2.19. The van der Waals surface area contributed by atoms with E-state index in [9.17, 15) is 0 Å². The van der Waals surface area contributed by atoms with Gasteiger partial charge in [-0.25, -0.2) is 0 Å². The maximum Gasteiger partial charge on any atom is 0.201 e. The number of anilines is 1. The van der Waals surface area contributed by atoms with Gasteiger partial charge in [-0.15, -0.1) is 22.7 Å². The molecule has 0 atom stereocenters. The van der Waals surface area contributed by atoms with Crippen LogP contribution in [0.1, 0.15) is 4.88 Å². The normalized spacial score (nSPS) is 11.3. The number of aryl methyl sites for hydroxylation is 1. The van der Waals surface area contributed by atoms with Gasteiger partial charge in [0.25, 0.3) is 0 Å². The first-order valence-electron chi connectivity index (χ1n) is 4.30. The molecule has 0 aliphatic carbocycles. The van der Waals surface area contributed by atoms with Crippen LogP contribution in [0, 0.1) is 6.92 Å². The Labute approximate surface area is 93.3 Å². The summed E-state index contributed by atoms with van der Waals surface area (Å²) in [6.07, 6.45) is 1.78. The largest absolute Gasteiger partial charge is 0.395 e. The first-order valence-corrected chi connectivity index (χ1v) is 6.00. The number of hydrogen-bond acceptors (Lipinski definition) is 6. The molecule has 4 nitrogen and oxygen atoms in total. The van der Waals surface area contributed by atoms with Crippen LogP contribution in [0.15, 0.2) is 16.2 Å². The predicted octanol–water partition coefficient (Wildman–Crippen LogP) is 2.90. The molecule has 0 bridgehead atoms. The maximum atomic E-state index is 5.87. The summed E-state index contributed by atoms with van der Waals surface area (Å²) in [5.74, 6) is 0. The molecule has 3 aromatic rings. The lowest BCUT2D eigenvalue weighted by molar-refractivity contribution is 0.460. The summed E-state index contributed by atoms with van der Waals surface area (Å²) in [5.41, 5.74) is 9.88. The second-order valence-corrected chi connectivity index (χ2v) is 5.24. The summed E-state index contributed by atoms with van der Waals surface area (Å²) in [6.45, 7) is 1.98. The van der Waals surface area contributed by atoms with Gasteiger partial charge in [0, 0.05) is 11.1 Å². The van der Waals surface area contributed by atoms with E-state index in [4.69, 9.17) is 10.3 Å². The minimum absolute atomic E-state index is 0.693. The number of aromatic nitrogens is 2. The van der Waals surface area contributed by atoms with Crippen molar-refractivity contribution < 1.29 is 4.52 Å². The van der Waals surface area contributed by atoms with Crippen LogP contribution in [0.25, 0.3) is 20.9 Å². The molecule has 0 spiro atoms. The first kappa shape index (κ1) is 8.87. The highest BCUT2D eigenvalue weighted by Gasteiger charge is 2.17. The minimum atomic E-state index is 0.693. The highest BCUT2D eigenvalue weighted by atomic mass is 32.1. The molecule has 15 heavy (non-hydrogen) atoms. The van der Waals surface area contributed by atoms with Crippen LogP contribution in [0.2, 0.25) is 0 Å². The third kappa shape index (κ3) is 1.18. The fraction of sp³-hybridized carbons (Fsp3) is 0.111. The highest BCUT2D eigenvalue weighted by Crippen LogP contribution is 2.39. The smallest absolute Gasteiger partial charge is 0.201 e. The van der Waals surface area contributed by atoms with Gasteiger partial charge in [0.2, 0.25) is 5.58 Å². The standard InChI is InChI=1S/C9H7N3OS2/c1-4-6(10)8-9(15-4)7(12-13-8)5-2-11-3-14-5/h2-3H,10H2,1H3. The van der Waals surface area contributed by atoms with Crippen molar-refractivity contribution in [3.8, 4) is 10.6 Å². The number of hydrogen-bond donors (Lipinski definition) is 1. The molecule has 0 saturated carbocycles. The van der Waals surface area contributed by atoms with Crippen LogP contribution < -0.4 is 5.73 Å². The van der Waals surface area contributed by atoms with Gasteiger partial charge in [-0.3, -0.25) is 4.98 Å². The Morgan fingerprint density at radius 3 is 3.07 bits per heavy atom. The molecule has 0 saturated heterocycles. The van der Waals surface area contributed by atoms with Crippen LogP contribution in [-0.4, -0.2) is 10.1 Å². The molecule has 3 heterocycles. The molecule has 0 fully saturated rings. The van der Waals surface area contributed by atoms with E-state index in [1.165, 1.54) is 0 Å². The van der Waals surface area contributed by atoms with E-state index in [0.717, 1.165) is 20.1 Å². The van der Waals surface area contributed by atoms with Gasteiger partial charge in [-0.1, -0.05) is 5.16 Å². The molecule has 0 aliphatic heterocycles. The van der Waals surface area contributed by atoms with Crippen molar-refractivity contribution in [1.29, 1.82) is 0 Å². The van der Waals surface area contributed by atoms with Gasteiger partial charge in [0.15, 0.2) is 0 Å². The quantitative estimate of drug-likeness (QED) is 0.706. The van der Waals surface area contributed by atoms with E-state index in [1.54, 1.807) is 34.4 Å². The summed E-state index contributed by atoms with van der Waals surface area (Å²) >= 11 is 3.15. The van der Waals surface area contributed by atoms with Gasteiger partial charge >= 0.3 is 0 Å². The summed E-state index contributed by atoms with van der Waals surface area (Å²) in [7, 11) is 0. The minimum Gasteiger partial charge on any atom is -0.395 e. The maximum absolute atomic E-state index is 5.87. The van der Waals surface area contributed by atoms with Crippen LogP contribution in [0.3, 0.4) is 0 Å². The van der Waals surface area contributed by atoms with Crippen LogP contribution in [0.4, 0.5) is 5.69 Å². The summed E-state index contributed by atoms with van der Waals surface area (Å²) in [4.78, 5) is 6.10. The molecule has 2 N–H and O–H groups in total. The monoisotopic (exact) mass is 237 g/mol. The zero-order valence-electron chi connectivity index (χ0n) is 7.85. The molecule has 3 aromatic heterocycles. The van der Waals surface area contributed by atoms with Crippen molar-refractivity contribution in [2.24, 2.45) is 0 Å². The summed E-state index contributed by atoms with van der Waals surface area (Å²) in [6, 6.07) is 0. The molecule has 0 aromatic carbocycles. The predicted molar refractivity (Wildman–Crippen MR) is 62.1 cm³/mol. The lowest BCUT2D eigenvalue weighted by Crippen LogP contribution is -1.81. The molecule has 0 unspecified atom stereocenters. The number of nitrogen functional groups attached to an aromatic ring is 1. The Morgan fingerprint density at radius 1 is 1.47 bits per heavy atom. The number of thiophene rings is 1. The zero-order valence-corrected chi connectivity index (χ0v) is 9.48. The Kier molecular flexibility index (Phi) is 1.80. The van der Waals surface area contributed by atoms with Crippen molar-refractivity contribution >= 4 is 38.6 Å². The second-order valence-electron chi connectivity index (χ2n) is 3.13. The average Bonchev–Trinajstić information content (AvgIpc) is 2.87. The van der Waals surface area contributed by atoms with Crippen molar-refractivity contribution in [3.63, 3.8) is 0 Å². The highest BCUT2D eigenvalue weighted by molar-refractivity contribution is 7.21. The number of nitrogens with two attached hydrogens (primary N) is 1. The van der Waals surface area contributed by atoms with Crippen molar-refractivity contribution in [3.05, 3.63) is 16.6 Å². The summed E-state index contributed by atoms with van der Waals surface area (Å²) < 4.78 is 6.25. The lowest BCUT2D eigenvalue weighted by atomic mass is 10.3. The number of fused-ring (bicyclic) bond motifs is 1. The molecule has 0 amide bonds. The fourth-order valence-corrected chi connectivity index (χ4v) is 3.07. The van der Waals surface area contributed by atoms with Crippen LogP contribution in [-0.2, 0) is 0 Å². The van der Waals surface area contributed by atoms with Crippen LogP contribution >= 0.6 is 22.7 Å². The van der Waals surface area contributed by atoms with Crippen molar-refractivity contribution in [1.82, 2.24) is 10.1 Å². The van der Waals surface area contributed by atoms with E-state index in [0.29, 0.717) is 11.3 Å². The van der Waals surface area contributed by atoms with Crippen LogP contribution in [0.5, 0.6) is 0 Å². The fourth-order valence-electron chi connectivity index (χ4n) is 1.41. The average molecular weight is 237 g/mol. The Bertz CT molecular complexity index is 609. The van der Waals surface area contributed by atoms with Gasteiger partial charge < -0.3 is 10.3 Å². The summed E-state index contributed by atoms with van der Waals surface area (Å²) in [5, 5.41) is 4.03. The Morgan fingerprint density at radius 2 is 2.33 bits per heavy atom. The van der Waals surface area contributed by atoms with E-state index < -0.39 is 0 Å². The van der Waals surface area contributed by atoms with E-state index in [2.05, 4.69) is 10.1 Å². The van der Waals surface area contributed by atoms with Gasteiger partial charge in [0.1, 0.15) is 10.4 Å². The number of thiazole rings is 1. The van der Waals surface area contributed by atoms with E-state index in [1.807, 2.05) is 6.92 Å². The molecule has 6 heteroatoms. The van der Waals surface area contributed by atoms with Crippen molar-refractivity contribution in [2.45, 2.75) is 6.92 Å².